The molecule has 4 N–H and O–H groups in total. The summed E-state index contributed by atoms with van der Waals surface area (Å²) < 4.78 is 5.45. The first kappa shape index (κ1) is 19.7. The lowest BCUT2D eigenvalue weighted by atomic mass is 10.0. The maximum atomic E-state index is 11.2. The lowest BCUT2D eigenvalue weighted by Gasteiger charge is -2.11. The van der Waals surface area contributed by atoms with Crippen molar-refractivity contribution >= 4 is 40.1 Å². The number of amides is 1. The second kappa shape index (κ2) is 8.03. The molecule has 0 saturated heterocycles. The Bertz CT molecular complexity index is 1240. The molecule has 2 aromatic carbocycles. The third-order valence-electron chi connectivity index (χ3n) is 4.38. The molecule has 4 aromatic rings. The highest BCUT2D eigenvalue weighted by Gasteiger charge is 2.16. The molecule has 0 aliphatic carbocycles. The van der Waals surface area contributed by atoms with Crippen LogP contribution in [0.25, 0.3) is 22.2 Å². The minimum absolute atomic E-state index is 0.113. The highest BCUT2D eigenvalue weighted by molar-refractivity contribution is 7.99. The number of carbonyl (C=O) groups excluding carboxylic acids is 1. The van der Waals surface area contributed by atoms with Gasteiger partial charge < -0.3 is 15.8 Å². The van der Waals surface area contributed by atoms with Gasteiger partial charge in [-0.1, -0.05) is 0 Å². The van der Waals surface area contributed by atoms with Gasteiger partial charge in [0.25, 0.3) is 0 Å². The molecule has 30 heavy (non-hydrogen) atoms. The summed E-state index contributed by atoms with van der Waals surface area (Å²) in [5.74, 6) is 0.917. The number of aryl methyl sites for hydroxylation is 1. The zero-order chi connectivity index (χ0) is 21.3. The van der Waals surface area contributed by atoms with Gasteiger partial charge in [-0.15, -0.1) is 0 Å². The number of rotatable bonds is 5. The molecule has 0 unspecified atom stereocenters. The van der Waals surface area contributed by atoms with Crippen LogP contribution in [0.3, 0.4) is 0 Å². The number of benzene rings is 2. The van der Waals surface area contributed by atoms with Gasteiger partial charge in [-0.2, -0.15) is 5.10 Å². The predicted octanol–water partition coefficient (Wildman–Crippen LogP) is 4.03. The number of anilines is 2. The maximum Gasteiger partial charge on any atom is 0.221 e. The zero-order valence-electron chi connectivity index (χ0n) is 16.7. The summed E-state index contributed by atoms with van der Waals surface area (Å²) in [6, 6.07) is 13.1. The third-order valence-corrected chi connectivity index (χ3v) is 5.25. The van der Waals surface area contributed by atoms with Gasteiger partial charge in [0.15, 0.2) is 5.16 Å². The van der Waals surface area contributed by atoms with Gasteiger partial charge >= 0.3 is 0 Å². The van der Waals surface area contributed by atoms with Crippen molar-refractivity contribution in [3.8, 4) is 17.0 Å². The van der Waals surface area contributed by atoms with Crippen molar-refractivity contribution in [2.45, 2.75) is 23.9 Å². The first-order valence-corrected chi connectivity index (χ1v) is 9.97. The molecule has 0 aliphatic rings. The summed E-state index contributed by atoms with van der Waals surface area (Å²) >= 11 is 1.39. The molecular weight excluding hydrogens is 400 g/mol. The van der Waals surface area contributed by atoms with Crippen molar-refractivity contribution in [3.05, 3.63) is 48.2 Å². The molecule has 0 fully saturated rings. The molecule has 0 radical (unpaired) electrons. The number of H-pyrrole nitrogens is 1. The van der Waals surface area contributed by atoms with Gasteiger partial charge in [-0.3, -0.25) is 9.89 Å². The van der Waals surface area contributed by atoms with Crippen LogP contribution in [0.15, 0.2) is 52.5 Å². The fourth-order valence-corrected chi connectivity index (χ4v) is 3.85. The molecule has 1 amide bonds. The number of ether oxygens (including phenoxy) is 1. The largest absolute Gasteiger partial charge is 0.497 e. The summed E-state index contributed by atoms with van der Waals surface area (Å²) in [7, 11) is 1.61. The quantitative estimate of drug-likeness (QED) is 0.417. The van der Waals surface area contributed by atoms with Crippen LogP contribution >= 0.6 is 11.8 Å². The van der Waals surface area contributed by atoms with Crippen molar-refractivity contribution in [2.24, 2.45) is 0 Å². The van der Waals surface area contributed by atoms with Crippen LogP contribution < -0.4 is 15.8 Å². The fraction of sp³-hybridized carbons (Fsp3) is 0.143. The number of nitrogens with two attached hydrogens (primary N) is 1. The van der Waals surface area contributed by atoms with E-state index in [4.69, 9.17) is 10.5 Å². The van der Waals surface area contributed by atoms with Crippen molar-refractivity contribution in [2.75, 3.05) is 18.2 Å². The number of hydrogen-bond donors (Lipinski definition) is 3. The second-order valence-electron chi connectivity index (χ2n) is 6.70. The second-order valence-corrected chi connectivity index (χ2v) is 7.75. The van der Waals surface area contributed by atoms with E-state index in [9.17, 15) is 4.79 Å². The van der Waals surface area contributed by atoms with E-state index >= 15 is 0 Å². The molecule has 8 nitrogen and oxygen atoms in total. The number of methoxy groups -OCH3 is 1. The lowest BCUT2D eigenvalue weighted by molar-refractivity contribution is -0.114. The van der Waals surface area contributed by atoms with Gasteiger partial charge in [0, 0.05) is 34.8 Å². The van der Waals surface area contributed by atoms with Crippen LogP contribution in [0.1, 0.15) is 12.6 Å². The Morgan fingerprint density at radius 3 is 2.57 bits per heavy atom. The summed E-state index contributed by atoms with van der Waals surface area (Å²) in [4.78, 5) is 21.3. The number of nitrogens with zero attached hydrogens (tertiary/aromatic N) is 3. The van der Waals surface area contributed by atoms with Crippen LogP contribution in [-0.2, 0) is 4.79 Å². The van der Waals surface area contributed by atoms with Crippen LogP contribution in [-0.4, -0.2) is 33.2 Å². The first-order valence-electron chi connectivity index (χ1n) is 9.16. The Labute approximate surface area is 177 Å². The molecular formula is C21H20N6O2S. The average molecular weight is 420 g/mol. The van der Waals surface area contributed by atoms with Crippen LogP contribution in [0.2, 0.25) is 0 Å². The molecule has 0 saturated carbocycles. The first-order chi connectivity index (χ1) is 14.4. The van der Waals surface area contributed by atoms with E-state index in [1.807, 2.05) is 49.4 Å². The molecule has 152 valence electrons. The highest BCUT2D eigenvalue weighted by Crippen LogP contribution is 2.36. The monoisotopic (exact) mass is 420 g/mol. The Hall–Kier alpha value is -3.59. The van der Waals surface area contributed by atoms with Gasteiger partial charge in [0.1, 0.15) is 11.6 Å². The topological polar surface area (TPSA) is 119 Å². The third kappa shape index (κ3) is 4.06. The molecule has 0 atom stereocenters. The standard InChI is InChI=1S/C21H20N6O2S/c1-11-8-17(27-26-11)16-9-14(29-3)10-18-19(16)20(22)25-21(24-18)30-15-6-4-13(5-7-15)23-12(2)28/h4-10H,1-3H3,(H,23,28)(H,26,27)(H2,22,24,25). The summed E-state index contributed by atoms with van der Waals surface area (Å²) in [5, 5.41) is 11.3. The van der Waals surface area contributed by atoms with E-state index in [0.717, 1.165) is 32.9 Å². The highest BCUT2D eigenvalue weighted by atomic mass is 32.2. The molecule has 4 rings (SSSR count). The zero-order valence-corrected chi connectivity index (χ0v) is 17.5. The van der Waals surface area contributed by atoms with E-state index in [2.05, 4.69) is 25.5 Å². The van der Waals surface area contributed by atoms with Crippen LogP contribution in [0, 0.1) is 6.92 Å². The van der Waals surface area contributed by atoms with E-state index < -0.39 is 0 Å². The van der Waals surface area contributed by atoms with E-state index in [1.165, 1.54) is 18.7 Å². The molecule has 2 heterocycles. The molecule has 0 bridgehead atoms. The smallest absolute Gasteiger partial charge is 0.221 e. The number of hydrogen-bond acceptors (Lipinski definition) is 7. The Morgan fingerprint density at radius 1 is 1.17 bits per heavy atom. The van der Waals surface area contributed by atoms with E-state index in [0.29, 0.717) is 22.2 Å². The average Bonchev–Trinajstić information content (AvgIpc) is 3.14. The Kier molecular flexibility index (Phi) is 5.28. The van der Waals surface area contributed by atoms with Gasteiger partial charge in [-0.05, 0) is 55.1 Å². The van der Waals surface area contributed by atoms with Crippen molar-refractivity contribution in [1.29, 1.82) is 0 Å². The minimum Gasteiger partial charge on any atom is -0.497 e. The van der Waals surface area contributed by atoms with E-state index in [1.54, 1.807) is 7.11 Å². The molecule has 0 spiro atoms. The van der Waals surface area contributed by atoms with Crippen LogP contribution in [0.4, 0.5) is 11.5 Å². The number of aromatic nitrogens is 4. The number of carbonyl (C=O) groups is 1. The van der Waals surface area contributed by atoms with Crippen molar-refractivity contribution in [3.63, 3.8) is 0 Å². The summed E-state index contributed by atoms with van der Waals surface area (Å²) in [6.07, 6.45) is 0. The SMILES string of the molecule is COc1cc(-c2cc(C)[nH]n2)c2c(N)nc(Sc3ccc(NC(C)=O)cc3)nc2c1. The van der Waals surface area contributed by atoms with Gasteiger partial charge in [0.2, 0.25) is 5.91 Å². The van der Waals surface area contributed by atoms with Crippen LogP contribution in [0.5, 0.6) is 5.75 Å². The fourth-order valence-electron chi connectivity index (χ4n) is 3.08. The Balaban J connectivity index is 1.73. The molecule has 2 aromatic heterocycles. The minimum atomic E-state index is -0.113. The predicted molar refractivity (Wildman–Crippen MR) is 118 cm³/mol. The molecule has 0 aliphatic heterocycles. The van der Waals surface area contributed by atoms with Gasteiger partial charge in [-0.25, -0.2) is 9.97 Å². The van der Waals surface area contributed by atoms with Crippen molar-refractivity contribution < 1.29 is 9.53 Å². The number of aromatic amines is 1. The number of fused-ring (bicyclic) bond motifs is 1. The van der Waals surface area contributed by atoms with E-state index in [-0.39, 0.29) is 5.91 Å². The summed E-state index contributed by atoms with van der Waals surface area (Å²) in [6.45, 7) is 3.41. The Morgan fingerprint density at radius 2 is 1.93 bits per heavy atom. The number of nitrogens with one attached hydrogen (secondary N) is 2. The molecule has 9 heteroatoms. The van der Waals surface area contributed by atoms with Gasteiger partial charge in [0.05, 0.1) is 23.7 Å². The normalized spacial score (nSPS) is 10.9. The lowest BCUT2D eigenvalue weighted by Crippen LogP contribution is -2.05. The van der Waals surface area contributed by atoms with Crippen molar-refractivity contribution in [1.82, 2.24) is 20.2 Å². The summed E-state index contributed by atoms with van der Waals surface area (Å²) in [5.41, 5.74) is 10.2. The number of nitrogen functional groups attached to an aromatic ring is 1. The maximum absolute atomic E-state index is 11.2.